The molecule has 0 bridgehead atoms. The molecule has 1 aromatic carbocycles. The highest BCUT2D eigenvalue weighted by molar-refractivity contribution is 5.92. The summed E-state index contributed by atoms with van der Waals surface area (Å²) < 4.78 is 40.2. The Morgan fingerprint density at radius 1 is 1.30 bits per heavy atom. The van der Waals surface area contributed by atoms with E-state index in [2.05, 4.69) is 10.4 Å². The zero-order valence-corrected chi connectivity index (χ0v) is 15.6. The van der Waals surface area contributed by atoms with Gasteiger partial charge >= 0.3 is 6.18 Å². The number of aromatic nitrogens is 2. The number of nitrogens with two attached hydrogens (primary N) is 1. The SMILES string of the molecule is Cc1cc(NC(=O)C2CCCC(N)C2)n(-c2cccc(C(F)(F)F)c2)n1.Cl. The minimum Gasteiger partial charge on any atom is -0.328 e. The maximum Gasteiger partial charge on any atom is 0.416 e. The smallest absolute Gasteiger partial charge is 0.328 e. The summed E-state index contributed by atoms with van der Waals surface area (Å²) in [5.41, 5.74) is 6.00. The van der Waals surface area contributed by atoms with Crippen LogP contribution >= 0.6 is 12.4 Å². The van der Waals surface area contributed by atoms with Gasteiger partial charge in [-0.15, -0.1) is 12.4 Å². The molecule has 1 amide bonds. The highest BCUT2D eigenvalue weighted by atomic mass is 35.5. The highest BCUT2D eigenvalue weighted by Crippen LogP contribution is 2.31. The Morgan fingerprint density at radius 2 is 2.04 bits per heavy atom. The molecular weight excluding hydrogens is 381 g/mol. The normalized spacial score (nSPS) is 20.0. The van der Waals surface area contributed by atoms with Crippen molar-refractivity contribution in [2.75, 3.05) is 5.32 Å². The van der Waals surface area contributed by atoms with E-state index in [0.29, 0.717) is 17.9 Å². The van der Waals surface area contributed by atoms with Crippen molar-refractivity contribution < 1.29 is 18.0 Å². The second-order valence-electron chi connectivity index (χ2n) is 6.74. The molecule has 0 aliphatic heterocycles. The molecule has 5 nitrogen and oxygen atoms in total. The van der Waals surface area contributed by atoms with Crippen molar-refractivity contribution >= 4 is 24.1 Å². The molecule has 27 heavy (non-hydrogen) atoms. The van der Waals surface area contributed by atoms with Gasteiger partial charge in [-0.3, -0.25) is 4.79 Å². The van der Waals surface area contributed by atoms with Gasteiger partial charge < -0.3 is 11.1 Å². The van der Waals surface area contributed by atoms with E-state index >= 15 is 0 Å². The molecule has 0 spiro atoms. The van der Waals surface area contributed by atoms with E-state index in [1.807, 2.05) is 0 Å². The summed E-state index contributed by atoms with van der Waals surface area (Å²) in [6.07, 6.45) is -1.27. The van der Waals surface area contributed by atoms with Crippen molar-refractivity contribution in [2.45, 2.75) is 44.8 Å². The van der Waals surface area contributed by atoms with Crippen molar-refractivity contribution in [1.29, 1.82) is 0 Å². The third-order valence-corrected chi connectivity index (χ3v) is 4.59. The maximum absolute atomic E-state index is 13.0. The lowest BCUT2D eigenvalue weighted by atomic mass is 9.85. The molecule has 2 atom stereocenters. The van der Waals surface area contributed by atoms with Crippen LogP contribution in [0.5, 0.6) is 0 Å². The van der Waals surface area contributed by atoms with Crippen LogP contribution in [-0.2, 0) is 11.0 Å². The fraction of sp³-hybridized carbons (Fsp3) is 0.444. The number of rotatable bonds is 3. The molecule has 2 unspecified atom stereocenters. The third kappa shape index (κ3) is 5.01. The van der Waals surface area contributed by atoms with Gasteiger partial charge in [-0.25, -0.2) is 4.68 Å². The predicted molar refractivity (Wildman–Crippen MR) is 99.1 cm³/mol. The number of nitrogens with zero attached hydrogens (tertiary/aromatic N) is 2. The first-order chi connectivity index (χ1) is 12.2. The van der Waals surface area contributed by atoms with Gasteiger partial charge in [0.1, 0.15) is 5.82 Å². The van der Waals surface area contributed by atoms with Crippen LogP contribution < -0.4 is 11.1 Å². The largest absolute Gasteiger partial charge is 0.416 e. The molecule has 3 N–H and O–H groups in total. The van der Waals surface area contributed by atoms with Crippen LogP contribution in [0.2, 0.25) is 0 Å². The molecule has 3 rings (SSSR count). The zero-order chi connectivity index (χ0) is 18.9. The van der Waals surface area contributed by atoms with Crippen LogP contribution in [0.1, 0.15) is 36.9 Å². The fourth-order valence-electron chi connectivity index (χ4n) is 3.29. The van der Waals surface area contributed by atoms with Crippen molar-refractivity contribution in [2.24, 2.45) is 11.7 Å². The molecule has 1 fully saturated rings. The fourth-order valence-corrected chi connectivity index (χ4v) is 3.29. The van der Waals surface area contributed by atoms with Crippen molar-refractivity contribution in [3.8, 4) is 5.69 Å². The Labute approximate surface area is 161 Å². The second-order valence-corrected chi connectivity index (χ2v) is 6.74. The summed E-state index contributed by atoms with van der Waals surface area (Å²) in [6, 6.07) is 6.50. The van der Waals surface area contributed by atoms with E-state index in [-0.39, 0.29) is 36.0 Å². The van der Waals surface area contributed by atoms with E-state index < -0.39 is 11.7 Å². The average molecular weight is 403 g/mol. The number of anilines is 1. The summed E-state index contributed by atoms with van der Waals surface area (Å²) in [7, 11) is 0. The summed E-state index contributed by atoms with van der Waals surface area (Å²) in [4.78, 5) is 12.5. The van der Waals surface area contributed by atoms with Crippen LogP contribution in [0.4, 0.5) is 19.0 Å². The number of hydrogen-bond donors (Lipinski definition) is 2. The van der Waals surface area contributed by atoms with Crippen LogP contribution in [0.15, 0.2) is 30.3 Å². The van der Waals surface area contributed by atoms with Crippen LogP contribution in [0.25, 0.3) is 5.69 Å². The topological polar surface area (TPSA) is 72.9 Å². The van der Waals surface area contributed by atoms with Gasteiger partial charge in [-0.05, 0) is 44.4 Å². The molecule has 1 saturated carbocycles. The van der Waals surface area contributed by atoms with E-state index in [1.165, 1.54) is 16.8 Å². The van der Waals surface area contributed by atoms with E-state index in [0.717, 1.165) is 31.4 Å². The monoisotopic (exact) mass is 402 g/mol. The molecule has 1 heterocycles. The number of carbonyl (C=O) groups excluding carboxylic acids is 1. The van der Waals surface area contributed by atoms with E-state index in [4.69, 9.17) is 5.73 Å². The number of benzene rings is 1. The van der Waals surface area contributed by atoms with Gasteiger partial charge in [0.25, 0.3) is 0 Å². The lowest BCUT2D eigenvalue weighted by Gasteiger charge is -2.25. The van der Waals surface area contributed by atoms with Gasteiger partial charge in [0.05, 0.1) is 16.9 Å². The molecule has 1 aliphatic rings. The van der Waals surface area contributed by atoms with Gasteiger partial charge in [-0.1, -0.05) is 12.5 Å². The Bertz CT molecular complexity index is 806. The number of amides is 1. The molecule has 148 valence electrons. The number of aryl methyl sites for hydroxylation is 1. The predicted octanol–water partition coefficient (Wildman–Crippen LogP) is 4.08. The first-order valence-electron chi connectivity index (χ1n) is 8.55. The maximum atomic E-state index is 13.0. The number of hydrogen-bond acceptors (Lipinski definition) is 3. The number of nitrogens with one attached hydrogen (secondary N) is 1. The van der Waals surface area contributed by atoms with Crippen LogP contribution in [0.3, 0.4) is 0 Å². The first kappa shape index (κ1) is 21.2. The quantitative estimate of drug-likeness (QED) is 0.812. The summed E-state index contributed by atoms with van der Waals surface area (Å²) in [5, 5.41) is 7.03. The number of carbonyl (C=O) groups is 1. The molecule has 1 aliphatic carbocycles. The molecule has 2 aromatic rings. The average Bonchev–Trinajstić information content (AvgIpc) is 2.94. The Kier molecular flexibility index (Phi) is 6.54. The van der Waals surface area contributed by atoms with Gasteiger partial charge in [0.15, 0.2) is 0 Å². The van der Waals surface area contributed by atoms with E-state index in [1.54, 1.807) is 13.0 Å². The zero-order valence-electron chi connectivity index (χ0n) is 14.8. The number of alkyl halides is 3. The van der Waals surface area contributed by atoms with Gasteiger partial charge in [0.2, 0.25) is 5.91 Å². The molecular formula is C18H22ClF3N4O. The summed E-state index contributed by atoms with van der Waals surface area (Å²) in [6.45, 7) is 1.72. The molecule has 0 radical (unpaired) electrons. The molecule has 1 aromatic heterocycles. The Morgan fingerprint density at radius 3 is 2.70 bits per heavy atom. The highest BCUT2D eigenvalue weighted by Gasteiger charge is 2.31. The minimum atomic E-state index is -4.44. The Balaban J connectivity index is 0.00000261. The standard InChI is InChI=1S/C18H21F3N4O.ClH/c1-11-8-16(23-17(26)12-4-2-6-14(22)9-12)25(24-11)15-7-3-5-13(10-15)18(19,20)21;/h3,5,7-8,10,12,14H,2,4,6,9,22H2,1H3,(H,23,26);1H. The van der Waals surface area contributed by atoms with Crippen molar-refractivity contribution in [1.82, 2.24) is 9.78 Å². The van der Waals surface area contributed by atoms with Gasteiger partial charge in [0, 0.05) is 18.0 Å². The molecule has 0 saturated heterocycles. The third-order valence-electron chi connectivity index (χ3n) is 4.59. The van der Waals surface area contributed by atoms with Crippen LogP contribution in [0, 0.1) is 12.8 Å². The van der Waals surface area contributed by atoms with Crippen molar-refractivity contribution in [3.63, 3.8) is 0 Å². The minimum absolute atomic E-state index is 0. The number of halogens is 4. The second kappa shape index (κ2) is 8.31. The molecule has 9 heteroatoms. The van der Waals surface area contributed by atoms with Crippen molar-refractivity contribution in [3.05, 3.63) is 41.6 Å². The van der Waals surface area contributed by atoms with Crippen LogP contribution in [-0.4, -0.2) is 21.7 Å². The lowest BCUT2D eigenvalue weighted by molar-refractivity contribution is -0.137. The summed E-state index contributed by atoms with van der Waals surface area (Å²) >= 11 is 0. The first-order valence-corrected chi connectivity index (χ1v) is 8.55. The van der Waals surface area contributed by atoms with Gasteiger partial charge in [-0.2, -0.15) is 18.3 Å². The Hall–Kier alpha value is -2.06. The summed E-state index contributed by atoms with van der Waals surface area (Å²) in [5.74, 6) is -0.0110. The van der Waals surface area contributed by atoms with E-state index in [9.17, 15) is 18.0 Å². The lowest BCUT2D eigenvalue weighted by Crippen LogP contribution is -2.34.